The molecule has 2 N–H and O–H groups in total. The summed E-state index contributed by atoms with van der Waals surface area (Å²) >= 11 is 1.55. The Hall–Kier alpha value is -1.63. The van der Waals surface area contributed by atoms with Crippen molar-refractivity contribution in [3.05, 3.63) is 16.1 Å². The number of rotatable bonds is 4. The van der Waals surface area contributed by atoms with Crippen LogP contribution in [0.3, 0.4) is 0 Å². The Bertz CT molecular complexity index is 531. The third-order valence-electron chi connectivity index (χ3n) is 3.90. The van der Waals surface area contributed by atoms with Gasteiger partial charge in [0.1, 0.15) is 6.04 Å². The summed E-state index contributed by atoms with van der Waals surface area (Å²) in [6.07, 6.45) is 3.24. The molecule has 3 amide bonds. The number of urea groups is 1. The van der Waals surface area contributed by atoms with E-state index >= 15 is 0 Å². The Morgan fingerprint density at radius 1 is 1.50 bits per heavy atom. The molecule has 1 saturated heterocycles. The highest BCUT2D eigenvalue weighted by Crippen LogP contribution is 2.17. The lowest BCUT2D eigenvalue weighted by Crippen LogP contribution is -2.53. The molecule has 6 nitrogen and oxygen atoms in total. The maximum atomic E-state index is 12.4. The van der Waals surface area contributed by atoms with Crippen molar-refractivity contribution in [1.82, 2.24) is 20.5 Å². The van der Waals surface area contributed by atoms with Gasteiger partial charge in [0.25, 0.3) is 0 Å². The third-order valence-corrected chi connectivity index (χ3v) is 4.72. The van der Waals surface area contributed by atoms with Gasteiger partial charge in [-0.1, -0.05) is 0 Å². The number of carbonyl (C=O) groups is 2. The average Bonchev–Trinajstić information content (AvgIpc) is 2.90. The van der Waals surface area contributed by atoms with E-state index in [4.69, 9.17) is 0 Å². The van der Waals surface area contributed by atoms with Gasteiger partial charge in [0.2, 0.25) is 5.91 Å². The monoisotopic (exact) mass is 324 g/mol. The first-order valence-electron chi connectivity index (χ1n) is 7.73. The lowest BCUT2D eigenvalue weighted by molar-refractivity contribution is -0.136. The lowest BCUT2D eigenvalue weighted by Gasteiger charge is -2.35. The van der Waals surface area contributed by atoms with Crippen molar-refractivity contribution in [2.45, 2.75) is 58.7 Å². The van der Waals surface area contributed by atoms with Crippen LogP contribution in [0.25, 0.3) is 0 Å². The zero-order valence-corrected chi connectivity index (χ0v) is 14.2. The van der Waals surface area contributed by atoms with Gasteiger partial charge in [-0.3, -0.25) is 4.79 Å². The van der Waals surface area contributed by atoms with Gasteiger partial charge in [0, 0.05) is 18.0 Å². The van der Waals surface area contributed by atoms with E-state index in [-0.39, 0.29) is 18.0 Å². The predicted molar refractivity (Wildman–Crippen MR) is 86.7 cm³/mol. The van der Waals surface area contributed by atoms with Crippen LogP contribution in [0.15, 0.2) is 5.38 Å². The number of nitrogens with zero attached hydrogens (tertiary/aromatic N) is 2. The highest BCUT2D eigenvalue weighted by atomic mass is 32.1. The fourth-order valence-corrected chi connectivity index (χ4v) is 3.26. The summed E-state index contributed by atoms with van der Waals surface area (Å²) < 4.78 is 0. The van der Waals surface area contributed by atoms with Crippen molar-refractivity contribution in [1.29, 1.82) is 0 Å². The molecular formula is C15H24N4O2S. The molecule has 2 atom stereocenters. The van der Waals surface area contributed by atoms with Crippen LogP contribution < -0.4 is 10.6 Å². The van der Waals surface area contributed by atoms with E-state index in [1.165, 1.54) is 6.42 Å². The van der Waals surface area contributed by atoms with Gasteiger partial charge < -0.3 is 15.5 Å². The standard InChI is InChI=1S/C15H24N4O2S/c1-10-6-4-5-7-19(10)14(20)11(2)17-15(21)16-8-13-9-22-12(3)18-13/h9-11H,4-8H2,1-3H3,(H2,16,17,21)/t10-,11-/m1/s1. The van der Waals surface area contributed by atoms with Gasteiger partial charge in [0.05, 0.1) is 17.2 Å². The van der Waals surface area contributed by atoms with Gasteiger partial charge in [-0.05, 0) is 40.0 Å². The molecular weight excluding hydrogens is 300 g/mol. The average molecular weight is 324 g/mol. The van der Waals surface area contributed by atoms with Gasteiger partial charge in [0.15, 0.2) is 0 Å². The summed E-state index contributed by atoms with van der Waals surface area (Å²) in [6.45, 7) is 6.88. The molecule has 122 valence electrons. The van der Waals surface area contributed by atoms with Crippen molar-refractivity contribution in [2.75, 3.05) is 6.54 Å². The van der Waals surface area contributed by atoms with E-state index in [2.05, 4.69) is 22.5 Å². The molecule has 1 aromatic heterocycles. The Labute approximate surface area is 135 Å². The molecule has 1 aliphatic heterocycles. The van der Waals surface area contributed by atoms with Crippen molar-refractivity contribution in [3.8, 4) is 0 Å². The van der Waals surface area contributed by atoms with Crippen LogP contribution in [0.1, 0.15) is 43.8 Å². The zero-order chi connectivity index (χ0) is 16.1. The summed E-state index contributed by atoms with van der Waals surface area (Å²) in [5, 5.41) is 8.33. The van der Waals surface area contributed by atoms with Crippen LogP contribution in [0.2, 0.25) is 0 Å². The normalized spacial score (nSPS) is 19.6. The molecule has 1 aromatic rings. The molecule has 1 aliphatic rings. The smallest absolute Gasteiger partial charge is 0.315 e. The Balaban J connectivity index is 1.78. The first-order chi connectivity index (χ1) is 10.5. The molecule has 0 spiro atoms. The van der Waals surface area contributed by atoms with Crippen molar-refractivity contribution < 1.29 is 9.59 Å². The number of amides is 3. The maximum absolute atomic E-state index is 12.4. The highest BCUT2D eigenvalue weighted by molar-refractivity contribution is 7.09. The van der Waals surface area contributed by atoms with Crippen LogP contribution in [0.4, 0.5) is 4.79 Å². The summed E-state index contributed by atoms with van der Waals surface area (Å²) in [7, 11) is 0. The number of thiazole rings is 1. The third kappa shape index (κ3) is 4.43. The van der Waals surface area contributed by atoms with Gasteiger partial charge in [-0.2, -0.15) is 0 Å². The van der Waals surface area contributed by atoms with E-state index in [9.17, 15) is 9.59 Å². The molecule has 7 heteroatoms. The Morgan fingerprint density at radius 2 is 2.27 bits per heavy atom. The Kier molecular flexibility index (Phi) is 5.76. The summed E-state index contributed by atoms with van der Waals surface area (Å²) in [4.78, 5) is 30.4. The topological polar surface area (TPSA) is 74.3 Å². The van der Waals surface area contributed by atoms with Gasteiger partial charge in [-0.15, -0.1) is 11.3 Å². The maximum Gasteiger partial charge on any atom is 0.315 e. The van der Waals surface area contributed by atoms with E-state index in [0.29, 0.717) is 6.54 Å². The molecule has 0 aromatic carbocycles. The summed E-state index contributed by atoms with van der Waals surface area (Å²) in [5.41, 5.74) is 0.835. The molecule has 0 radical (unpaired) electrons. The van der Waals surface area contributed by atoms with E-state index in [1.54, 1.807) is 18.3 Å². The molecule has 0 bridgehead atoms. The molecule has 0 aliphatic carbocycles. The van der Waals surface area contributed by atoms with Crippen molar-refractivity contribution in [3.63, 3.8) is 0 Å². The quantitative estimate of drug-likeness (QED) is 0.890. The number of hydrogen-bond acceptors (Lipinski definition) is 4. The second-order valence-electron chi connectivity index (χ2n) is 5.78. The molecule has 22 heavy (non-hydrogen) atoms. The fourth-order valence-electron chi connectivity index (χ4n) is 2.64. The van der Waals surface area contributed by atoms with Crippen LogP contribution in [0, 0.1) is 6.92 Å². The number of likely N-dealkylation sites (tertiary alicyclic amines) is 1. The second kappa shape index (κ2) is 7.58. The van der Waals surface area contributed by atoms with Crippen LogP contribution in [-0.2, 0) is 11.3 Å². The largest absolute Gasteiger partial charge is 0.338 e. The van der Waals surface area contributed by atoms with Crippen LogP contribution in [-0.4, -0.2) is 40.5 Å². The highest BCUT2D eigenvalue weighted by Gasteiger charge is 2.27. The van der Waals surface area contributed by atoms with Gasteiger partial charge in [-0.25, -0.2) is 9.78 Å². The number of hydrogen-bond donors (Lipinski definition) is 2. The van der Waals surface area contributed by atoms with Crippen molar-refractivity contribution >= 4 is 23.3 Å². The molecule has 0 unspecified atom stereocenters. The minimum atomic E-state index is -0.516. The zero-order valence-electron chi connectivity index (χ0n) is 13.4. The van der Waals surface area contributed by atoms with Crippen LogP contribution >= 0.6 is 11.3 Å². The SMILES string of the molecule is Cc1nc(CNC(=O)N[C@H](C)C(=O)N2CCCC[C@H]2C)cs1. The van der Waals surface area contributed by atoms with E-state index < -0.39 is 6.04 Å². The van der Waals surface area contributed by atoms with Gasteiger partial charge >= 0.3 is 6.03 Å². The number of aryl methyl sites for hydroxylation is 1. The predicted octanol–water partition coefficient (Wildman–Crippen LogP) is 2.04. The first-order valence-corrected chi connectivity index (χ1v) is 8.61. The summed E-state index contributed by atoms with van der Waals surface area (Å²) in [6, 6.07) is -0.597. The molecule has 0 saturated carbocycles. The fraction of sp³-hybridized carbons (Fsp3) is 0.667. The summed E-state index contributed by atoms with van der Waals surface area (Å²) in [5.74, 6) is -0.00754. The van der Waals surface area contributed by atoms with E-state index in [1.807, 2.05) is 17.2 Å². The number of carbonyl (C=O) groups excluding carboxylic acids is 2. The molecule has 2 rings (SSSR count). The minimum absolute atomic E-state index is 0.00754. The van der Waals surface area contributed by atoms with Crippen molar-refractivity contribution in [2.24, 2.45) is 0 Å². The molecule has 1 fully saturated rings. The first kappa shape index (κ1) is 16.7. The van der Waals surface area contributed by atoms with Crippen LogP contribution in [0.5, 0.6) is 0 Å². The molecule has 2 heterocycles. The second-order valence-corrected chi connectivity index (χ2v) is 6.85. The lowest BCUT2D eigenvalue weighted by atomic mass is 10.0. The number of piperidine rings is 1. The minimum Gasteiger partial charge on any atom is -0.338 e. The number of nitrogens with one attached hydrogen (secondary N) is 2. The van der Waals surface area contributed by atoms with E-state index in [0.717, 1.165) is 30.1 Å². The Morgan fingerprint density at radius 3 is 2.91 bits per heavy atom. The number of aromatic nitrogens is 1.